The van der Waals surface area contributed by atoms with Crippen LogP contribution in [0.15, 0.2) is 18.7 Å². The lowest BCUT2D eigenvalue weighted by molar-refractivity contribution is 1.14. The number of aromatic nitrogens is 4. The summed E-state index contributed by atoms with van der Waals surface area (Å²) >= 11 is 0. The topological polar surface area (TPSA) is 51.6 Å². The average Bonchev–Trinajstić information content (AvgIpc) is 2.05. The third-order valence-electron chi connectivity index (χ3n) is 1.09. The fraction of sp³-hybridized carbons (Fsp3) is 0. The first-order valence-electron chi connectivity index (χ1n) is 2.76. The lowest BCUT2D eigenvalue weighted by Crippen LogP contribution is -1.86. The molecule has 1 radical (unpaired) electrons. The van der Waals surface area contributed by atoms with Gasteiger partial charge in [0.25, 0.3) is 0 Å². The Labute approximate surface area is 57.0 Å². The molecule has 4 heteroatoms. The molecular weight excluding hydrogens is 128 g/mol. The van der Waals surface area contributed by atoms with E-state index in [1.165, 1.54) is 6.33 Å². The van der Waals surface area contributed by atoms with Gasteiger partial charge in [-0.3, -0.25) is 0 Å². The van der Waals surface area contributed by atoms with E-state index in [1.807, 2.05) is 0 Å². The van der Waals surface area contributed by atoms with Gasteiger partial charge in [-0.15, -0.1) is 0 Å². The Bertz CT molecular complexity index is 281. The van der Waals surface area contributed by atoms with Crippen LogP contribution in [-0.2, 0) is 0 Å². The SMILES string of the molecule is [c]1ncnc2nccnc12. The molecule has 0 saturated heterocycles. The molecule has 0 spiro atoms. The molecule has 10 heavy (non-hydrogen) atoms. The van der Waals surface area contributed by atoms with Crippen molar-refractivity contribution in [3.8, 4) is 0 Å². The first-order chi connectivity index (χ1) is 4.97. The monoisotopic (exact) mass is 131 g/mol. The first kappa shape index (κ1) is 5.22. The van der Waals surface area contributed by atoms with Crippen LogP contribution in [0, 0.1) is 6.20 Å². The molecular formula is C6H3N4. The van der Waals surface area contributed by atoms with Gasteiger partial charge in [-0.2, -0.15) is 0 Å². The maximum absolute atomic E-state index is 3.94. The highest BCUT2D eigenvalue weighted by atomic mass is 14.9. The van der Waals surface area contributed by atoms with Crippen LogP contribution in [0.3, 0.4) is 0 Å². The Kier molecular flexibility index (Phi) is 1.04. The summed E-state index contributed by atoms with van der Waals surface area (Å²) in [7, 11) is 0. The Morgan fingerprint density at radius 1 is 1.10 bits per heavy atom. The van der Waals surface area contributed by atoms with Crippen molar-refractivity contribution in [3.05, 3.63) is 24.9 Å². The largest absolute Gasteiger partial charge is 0.249 e. The van der Waals surface area contributed by atoms with E-state index in [0.29, 0.717) is 11.2 Å². The van der Waals surface area contributed by atoms with Gasteiger partial charge in [0.15, 0.2) is 5.65 Å². The average molecular weight is 131 g/mol. The molecule has 2 aromatic rings. The Morgan fingerprint density at radius 2 is 2.00 bits per heavy atom. The molecule has 47 valence electrons. The van der Waals surface area contributed by atoms with Gasteiger partial charge >= 0.3 is 0 Å². The quantitative estimate of drug-likeness (QED) is 0.513. The highest BCUT2D eigenvalue weighted by Gasteiger charge is 1.91. The van der Waals surface area contributed by atoms with Crippen molar-refractivity contribution >= 4 is 11.2 Å². The van der Waals surface area contributed by atoms with Gasteiger partial charge in [0.1, 0.15) is 18.0 Å². The van der Waals surface area contributed by atoms with Crippen LogP contribution >= 0.6 is 0 Å². The van der Waals surface area contributed by atoms with Gasteiger partial charge < -0.3 is 0 Å². The molecule has 4 nitrogen and oxygen atoms in total. The van der Waals surface area contributed by atoms with E-state index in [4.69, 9.17) is 0 Å². The third-order valence-corrected chi connectivity index (χ3v) is 1.09. The molecule has 0 aliphatic rings. The van der Waals surface area contributed by atoms with Gasteiger partial charge in [-0.05, 0) is 0 Å². The molecule has 0 saturated carbocycles. The van der Waals surface area contributed by atoms with Gasteiger partial charge in [-0.1, -0.05) is 0 Å². The van der Waals surface area contributed by atoms with Crippen LogP contribution in [0.5, 0.6) is 0 Å². The van der Waals surface area contributed by atoms with Crippen molar-refractivity contribution in [1.29, 1.82) is 0 Å². The Balaban J connectivity index is 2.89. The summed E-state index contributed by atoms with van der Waals surface area (Å²) in [5, 5.41) is 0. The summed E-state index contributed by atoms with van der Waals surface area (Å²) in [6.07, 6.45) is 7.24. The van der Waals surface area contributed by atoms with Crippen molar-refractivity contribution < 1.29 is 0 Å². The molecule has 2 rings (SSSR count). The zero-order valence-corrected chi connectivity index (χ0v) is 5.02. The lowest BCUT2D eigenvalue weighted by atomic mass is 10.5. The highest BCUT2D eigenvalue weighted by Crippen LogP contribution is 1.97. The molecule has 0 amide bonds. The maximum Gasteiger partial charge on any atom is 0.181 e. The van der Waals surface area contributed by atoms with Crippen LogP contribution in [-0.4, -0.2) is 19.9 Å². The number of fused-ring (bicyclic) bond motifs is 1. The maximum atomic E-state index is 3.94. The Hall–Kier alpha value is -1.58. The van der Waals surface area contributed by atoms with Crippen molar-refractivity contribution in [2.24, 2.45) is 0 Å². The molecule has 0 N–H and O–H groups in total. The van der Waals surface area contributed by atoms with Crippen LogP contribution in [0.25, 0.3) is 11.2 Å². The molecule has 0 bridgehead atoms. The van der Waals surface area contributed by atoms with Gasteiger partial charge in [0, 0.05) is 12.4 Å². The van der Waals surface area contributed by atoms with E-state index >= 15 is 0 Å². The van der Waals surface area contributed by atoms with E-state index in [9.17, 15) is 0 Å². The summed E-state index contributed by atoms with van der Waals surface area (Å²) in [4.78, 5) is 15.4. The minimum absolute atomic E-state index is 0.581. The highest BCUT2D eigenvalue weighted by molar-refractivity contribution is 5.65. The van der Waals surface area contributed by atoms with Crippen LogP contribution in [0.1, 0.15) is 0 Å². The zero-order valence-electron chi connectivity index (χ0n) is 5.02. The fourth-order valence-corrected chi connectivity index (χ4v) is 0.678. The van der Waals surface area contributed by atoms with Crippen molar-refractivity contribution in [2.75, 3.05) is 0 Å². The minimum Gasteiger partial charge on any atom is -0.249 e. The molecule has 0 fully saturated rings. The normalized spacial score (nSPS) is 10.0. The summed E-state index contributed by atoms with van der Waals surface area (Å²) < 4.78 is 0. The zero-order chi connectivity index (χ0) is 6.81. The van der Waals surface area contributed by atoms with Crippen molar-refractivity contribution in [2.45, 2.75) is 0 Å². The lowest BCUT2D eigenvalue weighted by Gasteiger charge is -1.88. The van der Waals surface area contributed by atoms with E-state index in [1.54, 1.807) is 12.4 Å². The molecule has 0 aliphatic heterocycles. The summed E-state index contributed by atoms with van der Waals surface area (Å²) in [5.41, 5.74) is 1.18. The predicted molar refractivity (Wildman–Crippen MR) is 34.0 cm³/mol. The van der Waals surface area contributed by atoms with Crippen molar-refractivity contribution in [1.82, 2.24) is 19.9 Å². The second kappa shape index (κ2) is 1.98. The fourth-order valence-electron chi connectivity index (χ4n) is 0.678. The number of rotatable bonds is 0. The smallest absolute Gasteiger partial charge is 0.181 e. The second-order valence-electron chi connectivity index (χ2n) is 1.71. The van der Waals surface area contributed by atoms with Gasteiger partial charge in [0.05, 0.1) is 0 Å². The minimum atomic E-state index is 0.581. The van der Waals surface area contributed by atoms with Gasteiger partial charge in [0.2, 0.25) is 0 Å². The number of hydrogen-bond donors (Lipinski definition) is 0. The second-order valence-corrected chi connectivity index (χ2v) is 1.71. The predicted octanol–water partition coefficient (Wildman–Crippen LogP) is 0.220. The summed E-state index contributed by atoms with van der Waals surface area (Å²) in [6.45, 7) is 0. The number of hydrogen-bond acceptors (Lipinski definition) is 4. The van der Waals surface area contributed by atoms with Crippen LogP contribution < -0.4 is 0 Å². The molecule has 0 atom stereocenters. The van der Waals surface area contributed by atoms with Crippen LogP contribution in [0.4, 0.5) is 0 Å². The van der Waals surface area contributed by atoms with E-state index in [-0.39, 0.29) is 0 Å². The van der Waals surface area contributed by atoms with E-state index in [0.717, 1.165) is 0 Å². The van der Waals surface area contributed by atoms with Crippen molar-refractivity contribution in [3.63, 3.8) is 0 Å². The van der Waals surface area contributed by atoms with Crippen LogP contribution in [0.2, 0.25) is 0 Å². The van der Waals surface area contributed by atoms with E-state index < -0.39 is 0 Å². The first-order valence-corrected chi connectivity index (χ1v) is 2.76. The Morgan fingerprint density at radius 3 is 2.90 bits per heavy atom. The summed E-state index contributed by atoms with van der Waals surface area (Å²) in [5.74, 6) is 0. The van der Waals surface area contributed by atoms with Gasteiger partial charge in [-0.25, -0.2) is 19.9 Å². The molecule has 2 aromatic heterocycles. The standard InChI is InChI=1S/C6H3N4/c1-2-9-6-5(8-1)3-7-4-10-6/h1-2,4H. The molecule has 0 aliphatic carbocycles. The van der Waals surface area contributed by atoms with E-state index in [2.05, 4.69) is 26.1 Å². The molecule has 0 aromatic carbocycles. The summed E-state index contributed by atoms with van der Waals surface area (Å²) in [6, 6.07) is 0. The molecule has 0 unspecified atom stereocenters. The molecule has 2 heterocycles. The number of nitrogens with zero attached hydrogens (tertiary/aromatic N) is 4. The third kappa shape index (κ3) is 0.699.